The molecule has 0 aliphatic heterocycles. The fraction of sp³-hybridized carbons (Fsp3) is 0.133. The van der Waals surface area contributed by atoms with Crippen molar-refractivity contribution in [1.29, 1.82) is 0 Å². The van der Waals surface area contributed by atoms with Crippen LogP contribution in [0.3, 0.4) is 0 Å². The maximum Gasteiger partial charge on any atom is 0.159 e. The van der Waals surface area contributed by atoms with Crippen molar-refractivity contribution in [3.05, 3.63) is 70.8 Å². The van der Waals surface area contributed by atoms with Crippen LogP contribution in [0.25, 0.3) is 0 Å². The molecule has 0 saturated heterocycles. The second kappa shape index (κ2) is 5.86. The minimum absolute atomic E-state index is 0.130. The van der Waals surface area contributed by atoms with Crippen LogP contribution in [-0.4, -0.2) is 5.78 Å². The first-order valence-electron chi connectivity index (χ1n) is 5.84. The van der Waals surface area contributed by atoms with E-state index in [2.05, 4.69) is 0 Å². The summed E-state index contributed by atoms with van der Waals surface area (Å²) in [4.78, 5) is 11.7. The van der Waals surface area contributed by atoms with Crippen LogP contribution >= 0.6 is 0 Å². The van der Waals surface area contributed by atoms with Gasteiger partial charge in [0.25, 0.3) is 0 Å². The number of ketones is 1. The van der Waals surface area contributed by atoms with Crippen LogP contribution in [0.1, 0.15) is 11.1 Å². The molecule has 104 valence electrons. The van der Waals surface area contributed by atoms with Gasteiger partial charge in [-0.05, 0) is 35.4 Å². The Balaban J connectivity index is 2.06. The normalized spacial score (nSPS) is 10.6. The van der Waals surface area contributed by atoms with E-state index in [0.717, 1.165) is 24.3 Å². The van der Waals surface area contributed by atoms with Crippen molar-refractivity contribution < 1.29 is 22.4 Å². The number of benzene rings is 2. The first-order valence-corrected chi connectivity index (χ1v) is 5.84. The van der Waals surface area contributed by atoms with Gasteiger partial charge in [0.15, 0.2) is 11.6 Å². The Hall–Kier alpha value is -2.17. The molecule has 0 saturated carbocycles. The second-order valence-corrected chi connectivity index (χ2v) is 4.42. The summed E-state index contributed by atoms with van der Waals surface area (Å²) in [5, 5.41) is 0. The Morgan fingerprint density at radius 1 is 0.750 bits per heavy atom. The van der Waals surface area contributed by atoms with E-state index >= 15 is 0 Å². The van der Waals surface area contributed by atoms with Crippen LogP contribution in [0.15, 0.2) is 36.4 Å². The van der Waals surface area contributed by atoms with Crippen LogP contribution in [0.5, 0.6) is 0 Å². The van der Waals surface area contributed by atoms with E-state index in [4.69, 9.17) is 0 Å². The Bertz CT molecular complexity index is 632. The average Bonchev–Trinajstić information content (AvgIpc) is 2.32. The minimum atomic E-state index is -1.04. The number of rotatable bonds is 4. The van der Waals surface area contributed by atoms with E-state index in [1.807, 2.05) is 0 Å². The average molecular weight is 282 g/mol. The number of halogens is 4. The van der Waals surface area contributed by atoms with Gasteiger partial charge in [0.05, 0.1) is 0 Å². The number of carbonyl (C=O) groups is 1. The van der Waals surface area contributed by atoms with Crippen molar-refractivity contribution in [3.8, 4) is 0 Å². The molecule has 2 rings (SSSR count). The fourth-order valence-corrected chi connectivity index (χ4v) is 1.88. The number of hydrogen-bond donors (Lipinski definition) is 0. The predicted octanol–water partition coefficient (Wildman–Crippen LogP) is 3.60. The summed E-state index contributed by atoms with van der Waals surface area (Å²) in [6.07, 6.45) is -0.303. The van der Waals surface area contributed by atoms with Crippen molar-refractivity contribution >= 4 is 5.78 Å². The van der Waals surface area contributed by atoms with Gasteiger partial charge in [0.2, 0.25) is 0 Å². The Morgan fingerprint density at radius 2 is 1.35 bits per heavy atom. The summed E-state index contributed by atoms with van der Waals surface area (Å²) in [6, 6.07) is 5.99. The lowest BCUT2D eigenvalue weighted by Gasteiger charge is -2.03. The molecule has 0 amide bonds. The predicted molar refractivity (Wildman–Crippen MR) is 65.1 cm³/mol. The van der Waals surface area contributed by atoms with Gasteiger partial charge in [0.1, 0.15) is 17.4 Å². The van der Waals surface area contributed by atoms with E-state index < -0.39 is 23.3 Å². The molecule has 1 nitrogen and oxygen atoms in total. The number of carbonyl (C=O) groups excluding carboxylic acids is 1. The molecular weight excluding hydrogens is 272 g/mol. The molecule has 0 fully saturated rings. The smallest absolute Gasteiger partial charge is 0.159 e. The SMILES string of the molecule is O=C(Cc1cc(F)cc(F)c1)Cc1ccc(F)c(F)c1. The van der Waals surface area contributed by atoms with Gasteiger partial charge in [-0.2, -0.15) is 0 Å². The van der Waals surface area contributed by atoms with Crippen LogP contribution in [0.4, 0.5) is 17.6 Å². The van der Waals surface area contributed by atoms with E-state index in [1.165, 1.54) is 6.07 Å². The molecule has 0 aliphatic carbocycles. The molecule has 2 aromatic carbocycles. The van der Waals surface area contributed by atoms with Gasteiger partial charge >= 0.3 is 0 Å². The van der Waals surface area contributed by atoms with Gasteiger partial charge < -0.3 is 0 Å². The van der Waals surface area contributed by atoms with Crippen molar-refractivity contribution in [2.75, 3.05) is 0 Å². The third-order valence-corrected chi connectivity index (χ3v) is 2.71. The van der Waals surface area contributed by atoms with Gasteiger partial charge in [-0.3, -0.25) is 4.79 Å². The fourth-order valence-electron chi connectivity index (χ4n) is 1.88. The summed E-state index contributed by atoms with van der Waals surface area (Å²) >= 11 is 0. The Morgan fingerprint density at radius 3 is 1.95 bits per heavy atom. The molecule has 0 radical (unpaired) electrons. The van der Waals surface area contributed by atoms with Gasteiger partial charge in [0, 0.05) is 18.9 Å². The highest BCUT2D eigenvalue weighted by Gasteiger charge is 2.10. The molecule has 5 heteroatoms. The number of hydrogen-bond acceptors (Lipinski definition) is 1. The lowest BCUT2D eigenvalue weighted by atomic mass is 10.0. The van der Waals surface area contributed by atoms with Crippen molar-refractivity contribution in [1.82, 2.24) is 0 Å². The summed E-state index contributed by atoms with van der Waals surface area (Å²) in [7, 11) is 0. The molecule has 0 atom stereocenters. The molecule has 0 heterocycles. The Kier molecular flexibility index (Phi) is 4.17. The molecule has 0 bridgehead atoms. The van der Waals surface area contributed by atoms with Crippen molar-refractivity contribution in [3.63, 3.8) is 0 Å². The van der Waals surface area contributed by atoms with Crippen LogP contribution in [0.2, 0.25) is 0 Å². The summed E-state index contributed by atoms with van der Waals surface area (Å²) in [6.45, 7) is 0. The minimum Gasteiger partial charge on any atom is -0.299 e. The molecule has 0 aromatic heterocycles. The third kappa shape index (κ3) is 3.66. The maximum atomic E-state index is 13.0. The molecule has 0 unspecified atom stereocenters. The highest BCUT2D eigenvalue weighted by atomic mass is 19.2. The first-order chi connectivity index (χ1) is 9.44. The highest BCUT2D eigenvalue weighted by molar-refractivity contribution is 5.83. The van der Waals surface area contributed by atoms with Gasteiger partial charge in [-0.15, -0.1) is 0 Å². The molecule has 0 N–H and O–H groups in total. The largest absolute Gasteiger partial charge is 0.299 e. The monoisotopic (exact) mass is 282 g/mol. The highest BCUT2D eigenvalue weighted by Crippen LogP contribution is 2.12. The molecule has 2 aromatic rings. The van der Waals surface area contributed by atoms with E-state index in [-0.39, 0.29) is 24.2 Å². The number of Topliss-reactive ketones (excluding diaryl/α,β-unsaturated/α-hetero) is 1. The van der Waals surface area contributed by atoms with Gasteiger partial charge in [-0.25, -0.2) is 17.6 Å². The summed E-state index contributed by atoms with van der Waals surface area (Å²) in [5.74, 6) is -3.90. The van der Waals surface area contributed by atoms with Crippen LogP contribution in [0, 0.1) is 23.3 Å². The van der Waals surface area contributed by atoms with Crippen LogP contribution < -0.4 is 0 Å². The molecular formula is C15H10F4O. The molecule has 0 aliphatic rings. The Labute approximate surface area is 112 Å². The molecule has 0 spiro atoms. The first kappa shape index (κ1) is 14.2. The summed E-state index contributed by atoms with van der Waals surface area (Å²) < 4.78 is 51.6. The van der Waals surface area contributed by atoms with E-state index in [9.17, 15) is 22.4 Å². The van der Waals surface area contributed by atoms with Gasteiger partial charge in [-0.1, -0.05) is 6.07 Å². The van der Waals surface area contributed by atoms with E-state index in [1.54, 1.807) is 0 Å². The maximum absolute atomic E-state index is 13.0. The zero-order chi connectivity index (χ0) is 14.7. The van der Waals surface area contributed by atoms with Crippen molar-refractivity contribution in [2.45, 2.75) is 12.8 Å². The van der Waals surface area contributed by atoms with Crippen LogP contribution in [-0.2, 0) is 17.6 Å². The standard InChI is InChI=1S/C15H10F4O/c16-11-3-10(4-12(17)8-11)6-13(20)5-9-1-2-14(18)15(19)7-9/h1-4,7-8H,5-6H2. The third-order valence-electron chi connectivity index (χ3n) is 2.71. The lowest BCUT2D eigenvalue weighted by Crippen LogP contribution is -2.07. The zero-order valence-corrected chi connectivity index (χ0v) is 10.3. The summed E-state index contributed by atoms with van der Waals surface area (Å²) in [5.41, 5.74) is 0.515. The zero-order valence-electron chi connectivity index (χ0n) is 10.3. The topological polar surface area (TPSA) is 17.1 Å². The van der Waals surface area contributed by atoms with Crippen molar-refractivity contribution in [2.24, 2.45) is 0 Å². The van der Waals surface area contributed by atoms with E-state index in [0.29, 0.717) is 11.6 Å². The lowest BCUT2D eigenvalue weighted by molar-refractivity contribution is -0.117. The second-order valence-electron chi connectivity index (χ2n) is 4.42. The quantitative estimate of drug-likeness (QED) is 0.783. The molecule has 20 heavy (non-hydrogen) atoms.